The molecule has 8 nitrogen and oxygen atoms in total. The zero-order valence-corrected chi connectivity index (χ0v) is 15.5. The molecule has 2 aromatic heterocycles. The van der Waals surface area contributed by atoms with E-state index in [1.807, 2.05) is 11.9 Å². The van der Waals surface area contributed by atoms with Gasteiger partial charge in [0.05, 0.1) is 25.0 Å². The lowest BCUT2D eigenvalue weighted by atomic mass is 10.2. The molecule has 1 amide bonds. The highest BCUT2D eigenvalue weighted by Crippen LogP contribution is 2.27. The van der Waals surface area contributed by atoms with Crippen LogP contribution < -0.4 is 10.6 Å². The van der Waals surface area contributed by atoms with Crippen LogP contribution in [0.1, 0.15) is 21.6 Å². The number of rotatable bonds is 4. The van der Waals surface area contributed by atoms with Gasteiger partial charge in [-0.3, -0.25) is 4.79 Å². The summed E-state index contributed by atoms with van der Waals surface area (Å²) in [5, 5.41) is 10.2. The second-order valence-corrected chi connectivity index (χ2v) is 6.54. The standard InChI is InChI=1S/C19H20FN7O/c1-21-18(28)16-7-14(9-22-16)24-19-25-17-13(10-26(19)2)8-23-27(17)11-12-5-3-4-6-15(12)20/h3-9,22H,10-11H2,1-2H3,(H,21,28)(H,24,25). The van der Waals surface area contributed by atoms with Crippen molar-refractivity contribution in [1.82, 2.24) is 25.0 Å². The molecule has 1 aromatic carbocycles. The third-order valence-electron chi connectivity index (χ3n) is 4.55. The minimum absolute atomic E-state index is 0.197. The maximum Gasteiger partial charge on any atom is 0.267 e. The topological polar surface area (TPSA) is 90.3 Å². The molecule has 0 saturated heterocycles. The van der Waals surface area contributed by atoms with Crippen molar-refractivity contribution in [3.05, 3.63) is 65.4 Å². The quantitative estimate of drug-likeness (QED) is 0.647. The number of aromatic amines is 1. The number of nitrogens with one attached hydrogen (secondary N) is 3. The maximum absolute atomic E-state index is 14.0. The summed E-state index contributed by atoms with van der Waals surface area (Å²) in [5.41, 5.74) is 2.68. The van der Waals surface area contributed by atoms with Crippen molar-refractivity contribution < 1.29 is 9.18 Å². The monoisotopic (exact) mass is 381 g/mol. The van der Waals surface area contributed by atoms with Crippen LogP contribution in [0.2, 0.25) is 0 Å². The van der Waals surface area contributed by atoms with Gasteiger partial charge in [-0.05, 0) is 12.1 Å². The van der Waals surface area contributed by atoms with E-state index in [4.69, 9.17) is 0 Å². The van der Waals surface area contributed by atoms with E-state index in [0.29, 0.717) is 41.8 Å². The first-order valence-corrected chi connectivity index (χ1v) is 8.80. The molecule has 1 aliphatic heterocycles. The highest BCUT2D eigenvalue weighted by Gasteiger charge is 2.22. The first-order valence-electron chi connectivity index (χ1n) is 8.80. The molecule has 0 saturated carbocycles. The summed E-state index contributed by atoms with van der Waals surface area (Å²) in [6.07, 6.45) is 3.46. The van der Waals surface area contributed by atoms with Gasteiger partial charge in [-0.2, -0.15) is 10.1 Å². The van der Waals surface area contributed by atoms with E-state index in [1.165, 1.54) is 6.07 Å². The number of nitrogens with zero attached hydrogens (tertiary/aromatic N) is 4. The Kier molecular flexibility index (Phi) is 4.56. The molecule has 3 heterocycles. The van der Waals surface area contributed by atoms with Crippen LogP contribution in [0.4, 0.5) is 15.9 Å². The van der Waals surface area contributed by atoms with Crippen LogP contribution in [0, 0.1) is 5.82 Å². The molecule has 0 unspecified atom stereocenters. The van der Waals surface area contributed by atoms with Crippen LogP contribution in [0.25, 0.3) is 0 Å². The summed E-state index contributed by atoms with van der Waals surface area (Å²) in [6.45, 7) is 0.915. The second-order valence-electron chi connectivity index (χ2n) is 6.54. The van der Waals surface area contributed by atoms with Crippen molar-refractivity contribution in [1.29, 1.82) is 0 Å². The van der Waals surface area contributed by atoms with Crippen LogP contribution in [0.15, 0.2) is 47.7 Å². The minimum atomic E-state index is -0.268. The number of anilines is 1. The SMILES string of the molecule is CNC(=O)c1cc(NC2=Nc3c(cnn3Cc3ccccc3F)CN2C)c[nH]1. The van der Waals surface area contributed by atoms with E-state index in [1.54, 1.807) is 48.4 Å². The van der Waals surface area contributed by atoms with Crippen molar-refractivity contribution in [2.75, 3.05) is 19.4 Å². The first-order chi connectivity index (χ1) is 13.5. The van der Waals surface area contributed by atoms with Gasteiger partial charge < -0.3 is 20.5 Å². The number of halogens is 1. The molecule has 144 valence electrons. The van der Waals surface area contributed by atoms with Crippen molar-refractivity contribution in [3.63, 3.8) is 0 Å². The molecule has 0 fully saturated rings. The molecule has 0 atom stereocenters. The van der Waals surface area contributed by atoms with E-state index in [-0.39, 0.29) is 11.7 Å². The summed E-state index contributed by atoms with van der Waals surface area (Å²) in [4.78, 5) is 21.2. The van der Waals surface area contributed by atoms with Crippen LogP contribution in [0.5, 0.6) is 0 Å². The third-order valence-corrected chi connectivity index (χ3v) is 4.55. The van der Waals surface area contributed by atoms with E-state index in [0.717, 1.165) is 5.56 Å². The highest BCUT2D eigenvalue weighted by molar-refractivity contribution is 5.98. The van der Waals surface area contributed by atoms with Gasteiger partial charge in [0.2, 0.25) is 5.96 Å². The fourth-order valence-electron chi connectivity index (χ4n) is 3.06. The van der Waals surface area contributed by atoms with Gasteiger partial charge in [-0.15, -0.1) is 0 Å². The molecule has 1 aliphatic rings. The number of fused-ring (bicyclic) bond motifs is 1. The van der Waals surface area contributed by atoms with Gasteiger partial charge in [0, 0.05) is 31.4 Å². The molecular weight excluding hydrogens is 361 g/mol. The minimum Gasteiger partial charge on any atom is -0.355 e. The summed E-state index contributed by atoms with van der Waals surface area (Å²) in [5.74, 6) is 0.837. The normalized spacial score (nSPS) is 13.1. The zero-order chi connectivity index (χ0) is 19.7. The Morgan fingerprint density at radius 1 is 1.36 bits per heavy atom. The molecule has 3 aromatic rings. The Bertz CT molecular complexity index is 1050. The number of hydrogen-bond donors (Lipinski definition) is 3. The molecule has 4 rings (SSSR count). The average Bonchev–Trinajstić information content (AvgIpc) is 3.31. The average molecular weight is 381 g/mol. The number of guanidine groups is 1. The predicted molar refractivity (Wildman–Crippen MR) is 104 cm³/mol. The molecule has 0 radical (unpaired) electrons. The number of carbonyl (C=O) groups excluding carboxylic acids is 1. The van der Waals surface area contributed by atoms with Gasteiger partial charge in [0.15, 0.2) is 5.82 Å². The van der Waals surface area contributed by atoms with E-state index in [2.05, 4.69) is 25.7 Å². The molecule has 0 aliphatic carbocycles. The summed E-state index contributed by atoms with van der Waals surface area (Å²) in [7, 11) is 3.49. The van der Waals surface area contributed by atoms with Gasteiger partial charge >= 0.3 is 0 Å². The van der Waals surface area contributed by atoms with Crippen LogP contribution in [0.3, 0.4) is 0 Å². The molecule has 0 spiro atoms. The Morgan fingerprint density at radius 2 is 2.18 bits per heavy atom. The second kappa shape index (κ2) is 7.18. The number of carbonyl (C=O) groups is 1. The molecule has 3 N–H and O–H groups in total. The molecular formula is C19H20FN7O. The van der Waals surface area contributed by atoms with Crippen LogP contribution >= 0.6 is 0 Å². The summed E-state index contributed by atoms with van der Waals surface area (Å²) in [6, 6.07) is 8.35. The fraction of sp³-hybridized carbons (Fsp3) is 0.211. The number of amides is 1. The van der Waals surface area contributed by atoms with Gasteiger partial charge in [0.1, 0.15) is 11.5 Å². The van der Waals surface area contributed by atoms with E-state index in [9.17, 15) is 9.18 Å². The number of H-pyrrole nitrogens is 1. The summed E-state index contributed by atoms with van der Waals surface area (Å²) >= 11 is 0. The smallest absolute Gasteiger partial charge is 0.267 e. The lowest BCUT2D eigenvalue weighted by Gasteiger charge is -2.25. The van der Waals surface area contributed by atoms with Crippen molar-refractivity contribution >= 4 is 23.4 Å². The predicted octanol–water partition coefficient (Wildman–Crippen LogP) is 2.30. The van der Waals surface area contributed by atoms with Gasteiger partial charge in [-0.25, -0.2) is 9.07 Å². The number of aliphatic imine (C=N–C) groups is 1. The van der Waals surface area contributed by atoms with Gasteiger partial charge in [0.25, 0.3) is 5.91 Å². The van der Waals surface area contributed by atoms with Crippen LogP contribution in [-0.2, 0) is 13.1 Å². The van der Waals surface area contributed by atoms with Crippen molar-refractivity contribution in [2.45, 2.75) is 13.1 Å². The summed E-state index contributed by atoms with van der Waals surface area (Å²) < 4.78 is 15.7. The van der Waals surface area contributed by atoms with Crippen molar-refractivity contribution in [3.8, 4) is 0 Å². The maximum atomic E-state index is 14.0. The molecule has 28 heavy (non-hydrogen) atoms. The highest BCUT2D eigenvalue weighted by atomic mass is 19.1. The largest absolute Gasteiger partial charge is 0.355 e. The zero-order valence-electron chi connectivity index (χ0n) is 15.5. The number of hydrogen-bond acceptors (Lipinski definition) is 5. The van der Waals surface area contributed by atoms with Gasteiger partial charge in [-0.1, -0.05) is 18.2 Å². The van der Waals surface area contributed by atoms with E-state index >= 15 is 0 Å². The van der Waals surface area contributed by atoms with E-state index < -0.39 is 0 Å². The number of aromatic nitrogens is 3. The fourth-order valence-corrected chi connectivity index (χ4v) is 3.06. The van der Waals surface area contributed by atoms with Crippen molar-refractivity contribution in [2.24, 2.45) is 4.99 Å². The van der Waals surface area contributed by atoms with Crippen LogP contribution in [-0.4, -0.2) is 45.6 Å². The third kappa shape index (κ3) is 3.34. The Morgan fingerprint density at radius 3 is 2.96 bits per heavy atom. The Hall–Kier alpha value is -3.62. The number of benzene rings is 1. The lowest BCUT2D eigenvalue weighted by Crippen LogP contribution is -2.34. The Labute approximate surface area is 161 Å². The first kappa shape index (κ1) is 17.8. The molecule has 0 bridgehead atoms. The Balaban J connectivity index is 1.60. The molecule has 9 heteroatoms. The lowest BCUT2D eigenvalue weighted by molar-refractivity contribution is 0.0959.